The second-order valence-electron chi connectivity index (χ2n) is 4.63. The van der Waals surface area contributed by atoms with Crippen LogP contribution in [0, 0.1) is 0 Å². The van der Waals surface area contributed by atoms with Gasteiger partial charge in [-0.2, -0.15) is 0 Å². The van der Waals surface area contributed by atoms with Crippen molar-refractivity contribution < 1.29 is 4.79 Å². The van der Waals surface area contributed by atoms with Crippen LogP contribution in [-0.4, -0.2) is 21.0 Å². The number of aryl methyl sites for hydroxylation is 1. The molecule has 1 unspecified atom stereocenters. The molecule has 0 spiro atoms. The van der Waals surface area contributed by atoms with Crippen molar-refractivity contribution >= 4 is 5.91 Å². The summed E-state index contributed by atoms with van der Waals surface area (Å²) in [6, 6.07) is 0. The molecule has 1 atom stereocenters. The van der Waals surface area contributed by atoms with Gasteiger partial charge in [-0.25, -0.2) is 4.98 Å². The molecule has 0 aliphatic carbocycles. The molecule has 82 valence electrons. The molecule has 1 aromatic rings. The number of carbonyl (C=O) groups excluding carboxylic acids is 1. The molecule has 2 heterocycles. The lowest BCUT2D eigenvalue weighted by Crippen LogP contribution is -2.39. The number of aromatic nitrogens is 2. The van der Waals surface area contributed by atoms with E-state index in [4.69, 9.17) is 0 Å². The number of hydrogen-bond donors (Lipinski definition) is 1. The minimum Gasteiger partial charge on any atom is -0.351 e. The van der Waals surface area contributed by atoms with Crippen molar-refractivity contribution in [2.45, 2.75) is 45.2 Å². The minimum absolute atomic E-state index is 0.133. The number of carbonyl (C=O) groups is 1. The van der Waals surface area contributed by atoms with Gasteiger partial charge < -0.3 is 9.88 Å². The van der Waals surface area contributed by atoms with E-state index in [1.165, 1.54) is 0 Å². The van der Waals surface area contributed by atoms with Gasteiger partial charge in [0.05, 0.1) is 6.33 Å². The average molecular weight is 207 g/mol. The van der Waals surface area contributed by atoms with E-state index in [2.05, 4.69) is 35.6 Å². The summed E-state index contributed by atoms with van der Waals surface area (Å²) in [6.45, 7) is 7.11. The van der Waals surface area contributed by atoms with Crippen molar-refractivity contribution in [2.75, 3.05) is 0 Å². The molecule has 1 aromatic heterocycles. The van der Waals surface area contributed by atoms with E-state index in [0.29, 0.717) is 6.42 Å². The lowest BCUT2D eigenvalue weighted by Gasteiger charge is -2.26. The van der Waals surface area contributed by atoms with Crippen molar-refractivity contribution in [2.24, 2.45) is 0 Å². The molecule has 0 saturated carbocycles. The van der Waals surface area contributed by atoms with Gasteiger partial charge in [-0.3, -0.25) is 4.79 Å². The first-order valence-corrected chi connectivity index (χ1v) is 5.35. The van der Waals surface area contributed by atoms with Gasteiger partial charge in [-0.15, -0.1) is 0 Å². The van der Waals surface area contributed by atoms with Crippen molar-refractivity contribution in [3.05, 3.63) is 18.2 Å². The van der Waals surface area contributed by atoms with E-state index >= 15 is 0 Å². The third-order valence-electron chi connectivity index (χ3n) is 3.16. The van der Waals surface area contributed by atoms with Crippen LogP contribution in [0.15, 0.2) is 12.5 Å². The first-order valence-electron chi connectivity index (χ1n) is 5.35. The van der Waals surface area contributed by atoms with Crippen LogP contribution in [0.3, 0.4) is 0 Å². The molecule has 1 saturated heterocycles. The standard InChI is InChI=1S/C11H17N3O/c1-4-14-7-12-6-9(14)8-5-10(15)13-11(8,2)3/h6-8H,4-5H2,1-3H3,(H,13,15). The highest BCUT2D eigenvalue weighted by Crippen LogP contribution is 2.35. The average Bonchev–Trinajstić information content (AvgIpc) is 2.68. The van der Waals surface area contributed by atoms with Crippen LogP contribution in [0.5, 0.6) is 0 Å². The van der Waals surface area contributed by atoms with Gasteiger partial charge in [0.25, 0.3) is 0 Å². The van der Waals surface area contributed by atoms with Crippen molar-refractivity contribution in [1.82, 2.24) is 14.9 Å². The molecule has 0 aromatic carbocycles. The van der Waals surface area contributed by atoms with Crippen LogP contribution in [0.2, 0.25) is 0 Å². The maximum atomic E-state index is 11.4. The predicted molar refractivity (Wildman–Crippen MR) is 57.5 cm³/mol. The molecule has 2 rings (SSSR count). The van der Waals surface area contributed by atoms with Crippen LogP contribution in [0.25, 0.3) is 0 Å². The van der Waals surface area contributed by atoms with Crippen LogP contribution >= 0.6 is 0 Å². The lowest BCUT2D eigenvalue weighted by molar-refractivity contribution is -0.119. The van der Waals surface area contributed by atoms with Gasteiger partial charge in [-0.1, -0.05) is 0 Å². The summed E-state index contributed by atoms with van der Waals surface area (Å²) in [7, 11) is 0. The third kappa shape index (κ3) is 1.64. The predicted octanol–water partition coefficient (Wildman–Crippen LogP) is 1.29. The smallest absolute Gasteiger partial charge is 0.221 e. The fourth-order valence-corrected chi connectivity index (χ4v) is 2.30. The third-order valence-corrected chi connectivity index (χ3v) is 3.16. The van der Waals surface area contributed by atoms with E-state index in [-0.39, 0.29) is 17.4 Å². The first kappa shape index (κ1) is 10.2. The summed E-state index contributed by atoms with van der Waals surface area (Å²) in [5.74, 6) is 0.362. The Hall–Kier alpha value is -1.32. The number of rotatable bonds is 2. The van der Waals surface area contributed by atoms with Gasteiger partial charge in [0.2, 0.25) is 5.91 Å². The molecule has 1 amide bonds. The largest absolute Gasteiger partial charge is 0.351 e. The molecule has 1 aliphatic rings. The molecule has 1 fully saturated rings. The second-order valence-corrected chi connectivity index (χ2v) is 4.63. The molecule has 0 radical (unpaired) electrons. The summed E-state index contributed by atoms with van der Waals surface area (Å²) in [5, 5.41) is 3.00. The minimum atomic E-state index is -0.163. The Bertz CT molecular complexity index is 381. The maximum absolute atomic E-state index is 11.4. The van der Waals surface area contributed by atoms with E-state index in [1.807, 2.05) is 12.5 Å². The number of amides is 1. The van der Waals surface area contributed by atoms with Crippen molar-refractivity contribution in [3.8, 4) is 0 Å². The highest BCUT2D eigenvalue weighted by Gasteiger charge is 2.41. The van der Waals surface area contributed by atoms with Gasteiger partial charge in [0.1, 0.15) is 0 Å². The number of imidazole rings is 1. The normalized spacial score (nSPS) is 24.2. The van der Waals surface area contributed by atoms with E-state index < -0.39 is 0 Å². The summed E-state index contributed by atoms with van der Waals surface area (Å²) in [4.78, 5) is 15.6. The molecule has 0 bridgehead atoms. The quantitative estimate of drug-likeness (QED) is 0.794. The van der Waals surface area contributed by atoms with E-state index in [9.17, 15) is 4.79 Å². The zero-order valence-electron chi connectivity index (χ0n) is 9.45. The van der Waals surface area contributed by atoms with E-state index in [1.54, 1.807) is 0 Å². The van der Waals surface area contributed by atoms with Gasteiger partial charge in [0.15, 0.2) is 0 Å². The topological polar surface area (TPSA) is 46.9 Å². The van der Waals surface area contributed by atoms with Gasteiger partial charge >= 0.3 is 0 Å². The number of nitrogens with one attached hydrogen (secondary N) is 1. The van der Waals surface area contributed by atoms with Crippen LogP contribution in [0.4, 0.5) is 0 Å². The Morgan fingerprint density at radius 3 is 2.93 bits per heavy atom. The second kappa shape index (κ2) is 3.36. The summed E-state index contributed by atoms with van der Waals surface area (Å²) >= 11 is 0. The Kier molecular flexibility index (Phi) is 2.29. The zero-order valence-corrected chi connectivity index (χ0v) is 9.45. The summed E-state index contributed by atoms with van der Waals surface area (Å²) in [5.41, 5.74) is 0.991. The molecular formula is C11H17N3O. The fraction of sp³-hybridized carbons (Fsp3) is 0.636. The zero-order chi connectivity index (χ0) is 11.1. The molecule has 4 nitrogen and oxygen atoms in total. The molecule has 15 heavy (non-hydrogen) atoms. The SMILES string of the molecule is CCn1cncc1C1CC(=O)NC1(C)C. The molecule has 4 heteroatoms. The van der Waals surface area contributed by atoms with Crippen molar-refractivity contribution in [3.63, 3.8) is 0 Å². The Labute approximate surface area is 89.7 Å². The molecular weight excluding hydrogens is 190 g/mol. The summed E-state index contributed by atoms with van der Waals surface area (Å²) in [6.07, 6.45) is 4.27. The Morgan fingerprint density at radius 2 is 2.40 bits per heavy atom. The fourth-order valence-electron chi connectivity index (χ4n) is 2.30. The highest BCUT2D eigenvalue weighted by atomic mass is 16.2. The Balaban J connectivity index is 2.35. The van der Waals surface area contributed by atoms with E-state index in [0.717, 1.165) is 12.2 Å². The highest BCUT2D eigenvalue weighted by molar-refractivity contribution is 5.81. The maximum Gasteiger partial charge on any atom is 0.221 e. The number of nitrogens with zero attached hydrogens (tertiary/aromatic N) is 2. The molecule has 1 N–H and O–H groups in total. The van der Waals surface area contributed by atoms with Crippen LogP contribution in [-0.2, 0) is 11.3 Å². The summed E-state index contributed by atoms with van der Waals surface area (Å²) < 4.78 is 2.10. The number of hydrogen-bond acceptors (Lipinski definition) is 2. The monoisotopic (exact) mass is 207 g/mol. The van der Waals surface area contributed by atoms with Gasteiger partial charge in [0, 0.05) is 36.3 Å². The first-order chi connectivity index (χ1) is 7.04. The van der Waals surface area contributed by atoms with Gasteiger partial charge in [-0.05, 0) is 20.8 Å². The Morgan fingerprint density at radius 1 is 1.67 bits per heavy atom. The van der Waals surface area contributed by atoms with Crippen LogP contribution in [0.1, 0.15) is 38.8 Å². The lowest BCUT2D eigenvalue weighted by atomic mass is 9.86. The van der Waals surface area contributed by atoms with Crippen LogP contribution < -0.4 is 5.32 Å². The molecule has 1 aliphatic heterocycles. The van der Waals surface area contributed by atoms with Crippen molar-refractivity contribution in [1.29, 1.82) is 0 Å².